The number of halogens is 2. The second-order valence-electron chi connectivity index (χ2n) is 11.1. The number of carbonyl (C=O) groups excluding carboxylic acids is 1. The zero-order chi connectivity index (χ0) is 29.4. The van der Waals surface area contributed by atoms with Gasteiger partial charge in [0.25, 0.3) is 11.6 Å². The monoisotopic (exact) mass is 604 g/mol. The molecule has 0 unspecified atom stereocenters. The van der Waals surface area contributed by atoms with Gasteiger partial charge in [0, 0.05) is 40.7 Å². The number of fused-ring (bicyclic) bond motifs is 1. The molecule has 2 heterocycles. The van der Waals surface area contributed by atoms with E-state index in [0.29, 0.717) is 48.0 Å². The number of nitrogens with zero attached hydrogens (tertiary/aromatic N) is 4. The number of hydrogen-bond acceptors (Lipinski definition) is 6. The maximum Gasteiger partial charge on any atom is 0.293 e. The number of benzene rings is 3. The van der Waals surface area contributed by atoms with Crippen molar-refractivity contribution in [2.24, 2.45) is 16.9 Å². The van der Waals surface area contributed by atoms with Crippen LogP contribution in [0.15, 0.2) is 77.4 Å². The summed E-state index contributed by atoms with van der Waals surface area (Å²) in [6.45, 7) is 4.31. The average molecular weight is 606 g/mol. The lowest BCUT2D eigenvalue weighted by Crippen LogP contribution is -2.36. The third-order valence-corrected chi connectivity index (χ3v) is 8.67. The molecule has 0 spiro atoms. The number of morpholine rings is 1. The molecule has 0 aromatic heterocycles. The van der Waals surface area contributed by atoms with E-state index < -0.39 is 4.92 Å². The van der Waals surface area contributed by atoms with Crippen molar-refractivity contribution in [2.45, 2.75) is 25.8 Å². The normalized spacial score (nSPS) is 23.1. The second kappa shape index (κ2) is 11.9. The Labute approximate surface area is 254 Å². The van der Waals surface area contributed by atoms with E-state index in [4.69, 9.17) is 33.0 Å². The molecule has 216 valence electrons. The molecule has 1 saturated carbocycles. The molecule has 0 radical (unpaired) electrons. The maximum absolute atomic E-state index is 14.2. The van der Waals surface area contributed by atoms with Crippen molar-refractivity contribution in [3.05, 3.63) is 109 Å². The largest absolute Gasteiger partial charge is 0.378 e. The first-order valence-corrected chi connectivity index (χ1v) is 14.8. The van der Waals surface area contributed by atoms with E-state index >= 15 is 0 Å². The van der Waals surface area contributed by atoms with Crippen molar-refractivity contribution < 1.29 is 14.5 Å². The molecule has 6 rings (SSSR count). The standard InChI is InChI=1S/C32H30Cl2N4O4/c1-20-16-24(18-21-2-7-25(33)8-3-21)30-27(17-20)31(22-4-9-26(34)10-5-22)37(35-30)32(39)23-6-11-28(29(19-23)38(40)41)36-12-14-42-15-13-36/h2-11,18-20,27,31H,12-17H2,1H3/b24-18+/t20-,27+,31-/m1/s1. The number of nitro groups is 1. The zero-order valence-electron chi connectivity index (χ0n) is 23.1. The molecule has 3 aliphatic rings. The summed E-state index contributed by atoms with van der Waals surface area (Å²) in [7, 11) is 0. The highest BCUT2D eigenvalue weighted by Gasteiger charge is 2.45. The first kappa shape index (κ1) is 28.4. The number of nitro benzene ring substituents is 1. The van der Waals surface area contributed by atoms with Crippen LogP contribution in [0.4, 0.5) is 11.4 Å². The number of allylic oxidation sites excluding steroid dienone is 1. The van der Waals surface area contributed by atoms with Crippen LogP contribution in [0.2, 0.25) is 10.0 Å². The van der Waals surface area contributed by atoms with Crippen LogP contribution < -0.4 is 4.90 Å². The number of ether oxygens (including phenoxy) is 1. The van der Waals surface area contributed by atoms with E-state index in [2.05, 4.69) is 13.0 Å². The van der Waals surface area contributed by atoms with Gasteiger partial charge in [-0.15, -0.1) is 0 Å². The molecule has 1 aliphatic carbocycles. The number of hydrazone groups is 1. The minimum atomic E-state index is -0.428. The molecule has 1 saturated heterocycles. The molecule has 3 atom stereocenters. The lowest BCUT2D eigenvalue weighted by Gasteiger charge is -2.32. The Morgan fingerprint density at radius 1 is 1.02 bits per heavy atom. The lowest BCUT2D eigenvalue weighted by atomic mass is 9.73. The van der Waals surface area contributed by atoms with Crippen LogP contribution in [0.5, 0.6) is 0 Å². The van der Waals surface area contributed by atoms with Gasteiger partial charge in [-0.25, -0.2) is 5.01 Å². The van der Waals surface area contributed by atoms with Crippen molar-refractivity contribution in [3.8, 4) is 0 Å². The van der Waals surface area contributed by atoms with E-state index in [1.807, 2.05) is 53.4 Å². The number of hydrogen-bond donors (Lipinski definition) is 0. The van der Waals surface area contributed by atoms with Gasteiger partial charge in [0.05, 0.1) is 29.9 Å². The van der Waals surface area contributed by atoms with Gasteiger partial charge in [-0.3, -0.25) is 14.9 Å². The van der Waals surface area contributed by atoms with E-state index in [0.717, 1.165) is 35.3 Å². The topological polar surface area (TPSA) is 88.3 Å². The van der Waals surface area contributed by atoms with Crippen molar-refractivity contribution in [2.75, 3.05) is 31.2 Å². The van der Waals surface area contributed by atoms with Gasteiger partial charge >= 0.3 is 0 Å². The van der Waals surface area contributed by atoms with Crippen molar-refractivity contribution in [1.29, 1.82) is 0 Å². The molecule has 2 aliphatic heterocycles. The van der Waals surface area contributed by atoms with Crippen LogP contribution in [-0.2, 0) is 4.74 Å². The summed E-state index contributed by atoms with van der Waals surface area (Å²) >= 11 is 12.3. The van der Waals surface area contributed by atoms with Crippen LogP contribution in [0.25, 0.3) is 6.08 Å². The molecular formula is C32H30Cl2N4O4. The molecule has 0 N–H and O–H groups in total. The summed E-state index contributed by atoms with van der Waals surface area (Å²) < 4.78 is 5.41. The Balaban J connectivity index is 1.41. The van der Waals surface area contributed by atoms with Gasteiger partial charge < -0.3 is 9.64 Å². The highest BCUT2D eigenvalue weighted by molar-refractivity contribution is 6.30. The first-order chi connectivity index (χ1) is 20.3. The zero-order valence-corrected chi connectivity index (χ0v) is 24.6. The first-order valence-electron chi connectivity index (χ1n) is 14.0. The van der Waals surface area contributed by atoms with Gasteiger partial charge in [-0.05, 0) is 77.9 Å². The van der Waals surface area contributed by atoms with Gasteiger partial charge in [-0.1, -0.05) is 54.4 Å². The van der Waals surface area contributed by atoms with Gasteiger partial charge in [0.1, 0.15) is 5.69 Å². The highest BCUT2D eigenvalue weighted by atomic mass is 35.5. The van der Waals surface area contributed by atoms with E-state index in [-0.39, 0.29) is 29.1 Å². The summed E-state index contributed by atoms with van der Waals surface area (Å²) in [5.41, 5.74) is 4.46. The summed E-state index contributed by atoms with van der Waals surface area (Å²) in [6.07, 6.45) is 3.80. The molecule has 8 nitrogen and oxygen atoms in total. The minimum absolute atomic E-state index is 0.0416. The number of carbonyl (C=O) groups is 1. The SMILES string of the molecule is C[C@@H]1C/C(=C\c2ccc(Cl)cc2)C2=NN(C(=O)c3ccc(N4CCOCC4)c([N+](=O)[O-])c3)[C@H](c3ccc(Cl)cc3)[C@H]2C1. The Kier molecular flexibility index (Phi) is 8.03. The van der Waals surface area contributed by atoms with Crippen LogP contribution in [0.3, 0.4) is 0 Å². The Bertz CT molecular complexity index is 1570. The predicted octanol–water partition coefficient (Wildman–Crippen LogP) is 7.42. The minimum Gasteiger partial charge on any atom is -0.378 e. The number of amides is 1. The van der Waals surface area contributed by atoms with Crippen LogP contribution in [-0.4, -0.2) is 47.9 Å². The molecule has 3 aromatic carbocycles. The molecule has 42 heavy (non-hydrogen) atoms. The second-order valence-corrected chi connectivity index (χ2v) is 11.9. The summed E-state index contributed by atoms with van der Waals surface area (Å²) in [6, 6.07) is 19.5. The van der Waals surface area contributed by atoms with E-state index in [1.165, 1.54) is 11.1 Å². The number of anilines is 1. The summed E-state index contributed by atoms with van der Waals surface area (Å²) in [4.78, 5) is 27.8. The third-order valence-electron chi connectivity index (χ3n) is 8.17. The molecular weight excluding hydrogens is 575 g/mol. The van der Waals surface area contributed by atoms with Crippen LogP contribution >= 0.6 is 23.2 Å². The average Bonchev–Trinajstić information content (AvgIpc) is 3.38. The van der Waals surface area contributed by atoms with Crippen molar-refractivity contribution in [3.63, 3.8) is 0 Å². The smallest absolute Gasteiger partial charge is 0.293 e. The maximum atomic E-state index is 14.2. The summed E-state index contributed by atoms with van der Waals surface area (Å²) in [5.74, 6) is -0.0572. The Morgan fingerprint density at radius 2 is 1.69 bits per heavy atom. The van der Waals surface area contributed by atoms with E-state index in [9.17, 15) is 14.9 Å². The fraction of sp³-hybridized carbons (Fsp3) is 0.312. The Hall–Kier alpha value is -3.72. The fourth-order valence-corrected chi connectivity index (χ4v) is 6.47. The Morgan fingerprint density at radius 3 is 2.36 bits per heavy atom. The fourth-order valence-electron chi connectivity index (χ4n) is 6.22. The van der Waals surface area contributed by atoms with Gasteiger partial charge in [0.2, 0.25) is 0 Å². The summed E-state index contributed by atoms with van der Waals surface area (Å²) in [5, 5.41) is 19.9. The molecule has 2 fully saturated rings. The van der Waals surface area contributed by atoms with Gasteiger partial charge in [0.15, 0.2) is 0 Å². The third kappa shape index (κ3) is 5.67. The van der Waals surface area contributed by atoms with Crippen molar-refractivity contribution >= 4 is 52.3 Å². The quantitative estimate of drug-likeness (QED) is 0.223. The van der Waals surface area contributed by atoms with Gasteiger partial charge in [-0.2, -0.15) is 5.10 Å². The molecule has 1 amide bonds. The van der Waals surface area contributed by atoms with Crippen LogP contribution in [0, 0.1) is 22.0 Å². The molecule has 10 heteroatoms. The van der Waals surface area contributed by atoms with Crippen molar-refractivity contribution in [1.82, 2.24) is 5.01 Å². The number of rotatable bonds is 5. The predicted molar refractivity (Wildman–Crippen MR) is 165 cm³/mol. The highest BCUT2D eigenvalue weighted by Crippen LogP contribution is 2.47. The van der Waals surface area contributed by atoms with E-state index in [1.54, 1.807) is 12.1 Å². The lowest BCUT2D eigenvalue weighted by molar-refractivity contribution is -0.384. The molecule has 0 bridgehead atoms. The molecule has 3 aromatic rings. The van der Waals surface area contributed by atoms with Crippen LogP contribution in [0.1, 0.15) is 47.3 Å².